The fraction of sp³-hybridized carbons (Fsp3) is 0.143. The molecule has 1 heterocycles. The van der Waals surface area contributed by atoms with Crippen molar-refractivity contribution in [2.45, 2.75) is 6.54 Å². The molecule has 0 fully saturated rings. The molecule has 0 bridgehead atoms. The molecule has 1 aromatic heterocycles. The number of amides is 1. The fourth-order valence-electron chi connectivity index (χ4n) is 0.669. The van der Waals surface area contributed by atoms with Crippen molar-refractivity contribution in [1.82, 2.24) is 0 Å². The first-order valence-electron chi connectivity index (χ1n) is 2.92. The molecule has 1 aromatic rings. The quantitative estimate of drug-likeness (QED) is 0.535. The van der Waals surface area contributed by atoms with Crippen molar-refractivity contribution in [2.75, 3.05) is 0 Å². The highest BCUT2D eigenvalue weighted by Crippen LogP contribution is 1.74. The summed E-state index contributed by atoms with van der Waals surface area (Å²) in [5.74, 6) is -0.343. The normalized spacial score (nSPS) is 9.20. The van der Waals surface area contributed by atoms with E-state index in [1.54, 1.807) is 29.1 Å². The second-order valence-electron chi connectivity index (χ2n) is 1.94. The Bertz CT molecular complexity index is 220. The molecule has 0 saturated heterocycles. The Morgan fingerprint density at radius 2 is 2.50 bits per heavy atom. The lowest BCUT2D eigenvalue weighted by Crippen LogP contribution is -2.39. The SMILES string of the molecule is NC(=O)C[n+]1c[c]ccc1. The molecule has 0 aliphatic carbocycles. The topological polar surface area (TPSA) is 47.0 Å². The van der Waals surface area contributed by atoms with Gasteiger partial charge in [-0.25, -0.2) is 0 Å². The monoisotopic (exact) mass is 136 g/mol. The predicted octanol–water partition coefficient (Wildman–Crippen LogP) is -0.740. The zero-order valence-electron chi connectivity index (χ0n) is 5.45. The van der Waals surface area contributed by atoms with Gasteiger partial charge in [0.05, 0.1) is 6.07 Å². The molecule has 1 rings (SSSR count). The number of aromatic nitrogens is 1. The number of carbonyl (C=O) groups excluding carboxylic acids is 1. The van der Waals surface area contributed by atoms with Gasteiger partial charge in [0.2, 0.25) is 6.54 Å². The maximum atomic E-state index is 10.4. The molecule has 3 heteroatoms. The summed E-state index contributed by atoms with van der Waals surface area (Å²) in [7, 11) is 0. The van der Waals surface area contributed by atoms with Crippen LogP contribution in [0.15, 0.2) is 24.5 Å². The van der Waals surface area contributed by atoms with E-state index in [1.807, 2.05) is 0 Å². The number of nitrogens with zero attached hydrogens (tertiary/aromatic N) is 1. The lowest BCUT2D eigenvalue weighted by atomic mass is 10.5. The van der Waals surface area contributed by atoms with Crippen LogP contribution in [0.25, 0.3) is 0 Å². The van der Waals surface area contributed by atoms with Crippen molar-refractivity contribution < 1.29 is 9.36 Å². The number of carbonyl (C=O) groups is 1. The average molecular weight is 136 g/mol. The second kappa shape index (κ2) is 2.96. The molecule has 0 aromatic carbocycles. The van der Waals surface area contributed by atoms with Gasteiger partial charge < -0.3 is 5.73 Å². The largest absolute Gasteiger partial charge is 0.364 e. The van der Waals surface area contributed by atoms with Crippen molar-refractivity contribution in [3.05, 3.63) is 30.6 Å². The van der Waals surface area contributed by atoms with Crippen LogP contribution in [0.1, 0.15) is 0 Å². The third-order valence-corrected chi connectivity index (χ3v) is 1.05. The second-order valence-corrected chi connectivity index (χ2v) is 1.94. The highest BCUT2D eigenvalue weighted by Gasteiger charge is 2.00. The van der Waals surface area contributed by atoms with Crippen LogP contribution in [0.4, 0.5) is 0 Å². The first-order chi connectivity index (χ1) is 4.79. The predicted molar refractivity (Wildman–Crippen MR) is 34.7 cm³/mol. The van der Waals surface area contributed by atoms with Gasteiger partial charge in [0.1, 0.15) is 0 Å². The number of pyridine rings is 1. The van der Waals surface area contributed by atoms with Crippen LogP contribution in [-0.2, 0) is 11.3 Å². The van der Waals surface area contributed by atoms with E-state index < -0.39 is 0 Å². The molecule has 0 saturated carbocycles. The van der Waals surface area contributed by atoms with Gasteiger partial charge in [0.25, 0.3) is 5.91 Å². The van der Waals surface area contributed by atoms with E-state index in [0.717, 1.165) is 0 Å². The van der Waals surface area contributed by atoms with Crippen molar-refractivity contribution in [3.8, 4) is 0 Å². The van der Waals surface area contributed by atoms with Crippen LogP contribution in [0.2, 0.25) is 0 Å². The van der Waals surface area contributed by atoms with Gasteiger partial charge in [0.15, 0.2) is 12.4 Å². The minimum Gasteiger partial charge on any atom is -0.364 e. The van der Waals surface area contributed by atoms with Crippen LogP contribution in [-0.4, -0.2) is 5.91 Å². The number of primary amides is 1. The zero-order chi connectivity index (χ0) is 7.40. The zero-order valence-corrected chi connectivity index (χ0v) is 5.45. The number of rotatable bonds is 2. The molecule has 0 aliphatic rings. The molecule has 10 heavy (non-hydrogen) atoms. The maximum absolute atomic E-state index is 10.4. The summed E-state index contributed by atoms with van der Waals surface area (Å²) >= 11 is 0. The number of nitrogens with two attached hydrogens (primary N) is 1. The smallest absolute Gasteiger partial charge is 0.283 e. The Morgan fingerprint density at radius 1 is 1.70 bits per heavy atom. The van der Waals surface area contributed by atoms with Gasteiger partial charge in [0, 0.05) is 6.07 Å². The summed E-state index contributed by atoms with van der Waals surface area (Å²) in [6.07, 6.45) is 3.44. The van der Waals surface area contributed by atoms with Crippen molar-refractivity contribution >= 4 is 5.91 Å². The Hall–Kier alpha value is -1.38. The summed E-state index contributed by atoms with van der Waals surface area (Å²) in [4.78, 5) is 10.4. The van der Waals surface area contributed by atoms with Crippen molar-refractivity contribution in [2.24, 2.45) is 5.73 Å². The first kappa shape index (κ1) is 6.74. The van der Waals surface area contributed by atoms with Gasteiger partial charge in [-0.2, -0.15) is 4.57 Å². The highest BCUT2D eigenvalue weighted by atomic mass is 16.1. The Kier molecular flexibility index (Phi) is 1.99. The van der Waals surface area contributed by atoms with E-state index in [2.05, 4.69) is 6.07 Å². The summed E-state index contributed by atoms with van der Waals surface area (Å²) in [5, 5.41) is 0. The Balaban J connectivity index is 2.67. The van der Waals surface area contributed by atoms with E-state index in [0.29, 0.717) is 0 Å². The molecule has 1 amide bonds. The van der Waals surface area contributed by atoms with Gasteiger partial charge in [-0.3, -0.25) is 4.79 Å². The molecule has 1 radical (unpaired) electrons. The first-order valence-corrected chi connectivity index (χ1v) is 2.92. The summed E-state index contributed by atoms with van der Waals surface area (Å²) < 4.78 is 1.67. The van der Waals surface area contributed by atoms with Crippen LogP contribution in [0.5, 0.6) is 0 Å². The van der Waals surface area contributed by atoms with Gasteiger partial charge in [-0.1, -0.05) is 0 Å². The molecule has 0 unspecified atom stereocenters. The lowest BCUT2D eigenvalue weighted by Gasteiger charge is -1.88. The van der Waals surface area contributed by atoms with Crippen LogP contribution in [0.3, 0.4) is 0 Å². The van der Waals surface area contributed by atoms with Crippen LogP contribution >= 0.6 is 0 Å². The molecule has 0 aliphatic heterocycles. The third-order valence-electron chi connectivity index (χ3n) is 1.05. The minimum absolute atomic E-state index is 0.220. The minimum atomic E-state index is -0.343. The van der Waals surface area contributed by atoms with Gasteiger partial charge in [-0.05, 0) is 6.07 Å². The highest BCUT2D eigenvalue weighted by molar-refractivity contribution is 5.72. The molecule has 0 spiro atoms. The molecule has 0 atom stereocenters. The Labute approximate surface area is 59.1 Å². The number of hydrogen-bond acceptors (Lipinski definition) is 1. The van der Waals surface area contributed by atoms with E-state index in [-0.39, 0.29) is 12.5 Å². The molecular weight excluding hydrogens is 128 g/mol. The van der Waals surface area contributed by atoms with Crippen LogP contribution in [0, 0.1) is 6.07 Å². The average Bonchev–Trinajstić information content (AvgIpc) is 1.88. The van der Waals surface area contributed by atoms with Crippen molar-refractivity contribution in [3.63, 3.8) is 0 Å². The summed E-state index contributed by atoms with van der Waals surface area (Å²) in [6, 6.07) is 6.38. The lowest BCUT2D eigenvalue weighted by molar-refractivity contribution is -0.684. The molecule has 3 nitrogen and oxygen atoms in total. The van der Waals surface area contributed by atoms with Crippen molar-refractivity contribution in [1.29, 1.82) is 0 Å². The molecule has 2 N–H and O–H groups in total. The maximum Gasteiger partial charge on any atom is 0.283 e. The van der Waals surface area contributed by atoms with E-state index in [9.17, 15) is 4.79 Å². The fourth-order valence-corrected chi connectivity index (χ4v) is 0.669. The van der Waals surface area contributed by atoms with E-state index >= 15 is 0 Å². The molecule has 51 valence electrons. The van der Waals surface area contributed by atoms with E-state index in [1.165, 1.54) is 0 Å². The van der Waals surface area contributed by atoms with E-state index in [4.69, 9.17) is 5.73 Å². The Morgan fingerprint density at radius 3 is 3.00 bits per heavy atom. The summed E-state index contributed by atoms with van der Waals surface area (Å²) in [5.41, 5.74) is 4.95. The third kappa shape index (κ3) is 1.85. The van der Waals surface area contributed by atoms with Crippen LogP contribution < -0.4 is 10.3 Å². The van der Waals surface area contributed by atoms with Gasteiger partial charge >= 0.3 is 0 Å². The standard InChI is InChI=1S/C7H7N2O/c8-7(10)6-9-4-2-1-3-5-9/h1-2,4-5H,6H2,(H-,8,10)/p+1. The number of hydrogen-bond donors (Lipinski definition) is 1. The summed E-state index contributed by atoms with van der Waals surface area (Å²) in [6.45, 7) is 0.220. The molecular formula is C7H8N2O+. The van der Waals surface area contributed by atoms with Gasteiger partial charge in [-0.15, -0.1) is 0 Å².